The van der Waals surface area contributed by atoms with E-state index < -0.39 is 23.4 Å². The molecule has 0 fully saturated rings. The van der Waals surface area contributed by atoms with Crippen molar-refractivity contribution in [2.24, 2.45) is 0 Å². The van der Waals surface area contributed by atoms with Crippen LogP contribution >= 0.6 is 23.2 Å². The van der Waals surface area contributed by atoms with Gasteiger partial charge in [0.05, 0.1) is 17.2 Å². The number of rotatable bonds is 2. The molecule has 1 aromatic heterocycles. The highest BCUT2D eigenvalue weighted by atomic mass is 35.5. The number of benzene rings is 1. The Balaban J connectivity index is 2.49. The topological polar surface area (TPSA) is 71.7 Å². The van der Waals surface area contributed by atoms with E-state index in [4.69, 9.17) is 33.2 Å². The van der Waals surface area contributed by atoms with Crippen molar-refractivity contribution < 1.29 is 17.9 Å². The van der Waals surface area contributed by atoms with Crippen LogP contribution in [-0.4, -0.2) is 15.2 Å². The van der Waals surface area contributed by atoms with Crippen LogP contribution in [0.1, 0.15) is 11.1 Å². The zero-order valence-electron chi connectivity index (χ0n) is 9.82. The Bertz CT molecular complexity index is 730. The summed E-state index contributed by atoms with van der Waals surface area (Å²) in [7, 11) is 0. The van der Waals surface area contributed by atoms with Crippen LogP contribution in [0.4, 0.5) is 13.2 Å². The Morgan fingerprint density at radius 2 is 1.90 bits per heavy atom. The minimum atomic E-state index is -4.72. The number of hydrogen-bond acceptors (Lipinski definition) is 5. The molecule has 0 spiro atoms. The molecule has 0 aliphatic heterocycles. The van der Waals surface area contributed by atoms with Gasteiger partial charge in [0.25, 0.3) is 5.88 Å². The highest BCUT2D eigenvalue weighted by Gasteiger charge is 2.35. The van der Waals surface area contributed by atoms with Gasteiger partial charge in [-0.3, -0.25) is 0 Å². The largest absolute Gasteiger partial charge is 0.436 e. The number of nitriles is 1. The van der Waals surface area contributed by atoms with Gasteiger partial charge in [0.2, 0.25) is 10.4 Å². The van der Waals surface area contributed by atoms with E-state index in [1.165, 1.54) is 0 Å². The predicted octanol–water partition coefficient (Wildman–Crippen LogP) is 3.86. The summed E-state index contributed by atoms with van der Waals surface area (Å²) in [6.45, 7) is 0. The molecule has 0 radical (unpaired) electrons. The molecular formula is C11H3Cl2F3N4O. The Kier molecular flexibility index (Phi) is 4.16. The summed E-state index contributed by atoms with van der Waals surface area (Å²) in [6.07, 6.45) is -4.72. The number of nitrogens with zero attached hydrogens (tertiary/aromatic N) is 4. The van der Waals surface area contributed by atoms with Crippen LogP contribution in [0.3, 0.4) is 0 Å². The summed E-state index contributed by atoms with van der Waals surface area (Å²) >= 11 is 11.1. The highest BCUT2D eigenvalue weighted by molar-refractivity contribution is 6.31. The molecule has 0 amide bonds. The molecule has 0 saturated heterocycles. The normalized spacial score (nSPS) is 11.0. The summed E-state index contributed by atoms with van der Waals surface area (Å²) in [6, 6.07) is 4.40. The Labute approximate surface area is 125 Å². The molecule has 5 nitrogen and oxygen atoms in total. The summed E-state index contributed by atoms with van der Waals surface area (Å²) in [5.74, 6) is -1.01. The molecule has 0 aliphatic carbocycles. The van der Waals surface area contributed by atoms with Gasteiger partial charge in [-0.15, -0.1) is 10.2 Å². The third-order valence-corrected chi connectivity index (χ3v) is 2.61. The van der Waals surface area contributed by atoms with Crippen molar-refractivity contribution in [2.45, 2.75) is 6.18 Å². The molecule has 0 bridgehead atoms. The van der Waals surface area contributed by atoms with E-state index >= 15 is 0 Å². The molecule has 0 saturated carbocycles. The Hall–Kier alpha value is -2.11. The first-order valence-corrected chi connectivity index (χ1v) is 5.92. The fourth-order valence-electron chi connectivity index (χ4n) is 1.36. The monoisotopic (exact) mass is 334 g/mol. The molecule has 2 rings (SSSR count). The zero-order chi connectivity index (χ0) is 15.6. The fraction of sp³-hybridized carbons (Fsp3) is 0.0909. The molecule has 2 aromatic rings. The molecule has 0 unspecified atom stereocenters. The minimum absolute atomic E-state index is 0.167. The number of aromatic nitrogens is 3. The standard InChI is InChI=1S/C11H3Cl2F3N4O/c12-8-9(18-10(13)20-19-8)21-7-2-1-5(4-17)3-6(7)11(14,15)16/h1-3H. The smallest absolute Gasteiger partial charge is 0.420 e. The lowest BCUT2D eigenvalue weighted by Gasteiger charge is -2.13. The molecule has 0 aliphatic rings. The predicted molar refractivity (Wildman–Crippen MR) is 66.1 cm³/mol. The van der Waals surface area contributed by atoms with Gasteiger partial charge in [-0.25, -0.2) is 0 Å². The minimum Gasteiger partial charge on any atom is -0.436 e. The first-order valence-electron chi connectivity index (χ1n) is 5.16. The van der Waals surface area contributed by atoms with Crippen LogP contribution in [0.15, 0.2) is 18.2 Å². The maximum absolute atomic E-state index is 13.0. The van der Waals surface area contributed by atoms with E-state index in [0.29, 0.717) is 6.07 Å². The van der Waals surface area contributed by atoms with Crippen molar-refractivity contribution in [3.05, 3.63) is 39.8 Å². The van der Waals surface area contributed by atoms with Crippen LogP contribution in [0.25, 0.3) is 0 Å². The quantitative estimate of drug-likeness (QED) is 0.833. The van der Waals surface area contributed by atoms with Gasteiger partial charge in [-0.2, -0.15) is 23.4 Å². The number of halogens is 5. The van der Waals surface area contributed by atoms with Crippen molar-refractivity contribution >= 4 is 23.2 Å². The van der Waals surface area contributed by atoms with Gasteiger partial charge in [0.1, 0.15) is 5.75 Å². The lowest BCUT2D eigenvalue weighted by molar-refractivity contribution is -0.138. The van der Waals surface area contributed by atoms with Crippen LogP contribution in [0.5, 0.6) is 11.6 Å². The molecule has 10 heteroatoms. The van der Waals surface area contributed by atoms with Crippen LogP contribution < -0.4 is 4.74 Å². The second kappa shape index (κ2) is 5.71. The maximum Gasteiger partial charge on any atom is 0.420 e. The average molecular weight is 335 g/mol. The molecule has 1 aromatic carbocycles. The molecule has 21 heavy (non-hydrogen) atoms. The van der Waals surface area contributed by atoms with E-state index in [0.717, 1.165) is 12.1 Å². The number of hydrogen-bond donors (Lipinski definition) is 0. The van der Waals surface area contributed by atoms with Crippen molar-refractivity contribution in [3.8, 4) is 17.7 Å². The van der Waals surface area contributed by atoms with Gasteiger partial charge in [0, 0.05) is 0 Å². The van der Waals surface area contributed by atoms with Gasteiger partial charge in [-0.05, 0) is 29.8 Å². The summed E-state index contributed by atoms with van der Waals surface area (Å²) in [5.41, 5.74) is -1.31. The fourth-order valence-corrected chi connectivity index (χ4v) is 1.59. The van der Waals surface area contributed by atoms with Gasteiger partial charge >= 0.3 is 6.18 Å². The molecule has 1 heterocycles. The van der Waals surface area contributed by atoms with E-state index in [2.05, 4.69) is 15.2 Å². The molecule has 0 N–H and O–H groups in total. The average Bonchev–Trinajstić information content (AvgIpc) is 2.42. The number of ether oxygens (including phenoxy) is 1. The van der Waals surface area contributed by atoms with Crippen LogP contribution in [0, 0.1) is 11.3 Å². The highest BCUT2D eigenvalue weighted by Crippen LogP contribution is 2.39. The van der Waals surface area contributed by atoms with E-state index in [-0.39, 0.29) is 16.0 Å². The van der Waals surface area contributed by atoms with Crippen LogP contribution in [-0.2, 0) is 6.18 Å². The first-order chi connectivity index (χ1) is 9.81. The number of alkyl halides is 3. The second-order valence-corrected chi connectivity index (χ2v) is 4.30. The first kappa shape index (κ1) is 15.3. The van der Waals surface area contributed by atoms with Gasteiger partial charge in [0.15, 0.2) is 0 Å². The maximum atomic E-state index is 13.0. The van der Waals surface area contributed by atoms with Gasteiger partial charge in [-0.1, -0.05) is 11.6 Å². The third-order valence-electron chi connectivity index (χ3n) is 2.21. The SMILES string of the molecule is N#Cc1ccc(Oc2nc(Cl)nnc2Cl)c(C(F)(F)F)c1. The molecule has 0 atom stereocenters. The van der Waals surface area contributed by atoms with E-state index in [9.17, 15) is 13.2 Å². The second-order valence-electron chi connectivity index (χ2n) is 3.60. The summed E-state index contributed by atoms with van der Waals surface area (Å²) in [4.78, 5) is 3.54. The molecule has 108 valence electrons. The Morgan fingerprint density at radius 1 is 1.19 bits per heavy atom. The summed E-state index contributed by atoms with van der Waals surface area (Å²) < 4.78 is 43.8. The lowest BCUT2D eigenvalue weighted by atomic mass is 10.1. The van der Waals surface area contributed by atoms with Crippen molar-refractivity contribution in [1.29, 1.82) is 5.26 Å². The lowest BCUT2D eigenvalue weighted by Crippen LogP contribution is -2.08. The van der Waals surface area contributed by atoms with E-state index in [1.54, 1.807) is 6.07 Å². The van der Waals surface area contributed by atoms with E-state index in [1.807, 2.05) is 0 Å². The summed E-state index contributed by atoms with van der Waals surface area (Å²) in [5, 5.41) is 14.6. The molecular weight excluding hydrogens is 332 g/mol. The van der Waals surface area contributed by atoms with Crippen LogP contribution in [0.2, 0.25) is 10.4 Å². The van der Waals surface area contributed by atoms with Crippen molar-refractivity contribution in [2.75, 3.05) is 0 Å². The zero-order valence-corrected chi connectivity index (χ0v) is 11.3. The third kappa shape index (κ3) is 3.51. The van der Waals surface area contributed by atoms with Gasteiger partial charge < -0.3 is 4.74 Å². The van der Waals surface area contributed by atoms with Crippen molar-refractivity contribution in [1.82, 2.24) is 15.2 Å². The van der Waals surface area contributed by atoms with Crippen molar-refractivity contribution in [3.63, 3.8) is 0 Å². The Morgan fingerprint density at radius 3 is 2.52 bits per heavy atom.